The fourth-order valence-electron chi connectivity index (χ4n) is 4.52. The Bertz CT molecular complexity index is 1620. The molecule has 3 aromatic heterocycles. The number of pyridine rings is 3. The van der Waals surface area contributed by atoms with E-state index in [-0.39, 0.29) is 42.7 Å². The molecule has 0 bridgehead atoms. The molecule has 3 heterocycles. The molecule has 1 aromatic carbocycles. The first-order valence-corrected chi connectivity index (χ1v) is 14.6. The Labute approximate surface area is 267 Å². The van der Waals surface area contributed by atoms with E-state index in [1.165, 1.54) is 16.7 Å². The van der Waals surface area contributed by atoms with Gasteiger partial charge in [-0.2, -0.15) is 0 Å². The number of benzene rings is 1. The van der Waals surface area contributed by atoms with Crippen LogP contribution in [0.25, 0.3) is 22.6 Å². The monoisotopic (exact) mass is 741 g/mol. The van der Waals surface area contributed by atoms with Gasteiger partial charge >= 0.3 is 21.1 Å². The first-order valence-electron chi connectivity index (χ1n) is 14.6. The second kappa shape index (κ2) is 12.0. The zero-order valence-corrected chi connectivity index (χ0v) is 29.7. The van der Waals surface area contributed by atoms with E-state index >= 15 is 0 Å². The van der Waals surface area contributed by atoms with Crippen molar-refractivity contribution in [3.63, 3.8) is 0 Å². The van der Waals surface area contributed by atoms with Gasteiger partial charge in [-0.1, -0.05) is 106 Å². The van der Waals surface area contributed by atoms with Crippen LogP contribution in [-0.2, 0) is 42.7 Å². The summed E-state index contributed by atoms with van der Waals surface area (Å²) < 4.78 is 0. The van der Waals surface area contributed by atoms with Crippen LogP contribution in [0.3, 0.4) is 0 Å². The molecule has 0 aliphatic carbocycles. The number of nitrogens with zero attached hydrogens (tertiary/aromatic N) is 4. The Morgan fingerprint density at radius 2 is 1.17 bits per heavy atom. The number of rotatable bonds is 3. The maximum atomic E-state index is 5.04. The van der Waals surface area contributed by atoms with Gasteiger partial charge in [-0.05, 0) is 57.1 Å². The Morgan fingerprint density at radius 1 is 0.619 bits per heavy atom. The molecule has 4 aromatic rings. The van der Waals surface area contributed by atoms with Crippen LogP contribution >= 0.6 is 0 Å². The van der Waals surface area contributed by atoms with Crippen molar-refractivity contribution >= 4 is 5.82 Å². The second-order valence-corrected chi connectivity index (χ2v) is 15.2. The van der Waals surface area contributed by atoms with Gasteiger partial charge in [-0.3, -0.25) is 9.97 Å². The molecule has 0 fully saturated rings. The van der Waals surface area contributed by atoms with Gasteiger partial charge in [0.25, 0.3) is 0 Å². The SMILES string of the molecule is CC(C)(C)c1cc[c-]c(-c2cc(C(C)(C)C)c/c(=N/c3cc(C(C)(C)C)cc(-c4cc(C(C)(C)C)ccn4)n3)[n-]2)c1.[Pt+2]. The van der Waals surface area contributed by atoms with Crippen molar-refractivity contribution in [2.45, 2.75) is 105 Å². The van der Waals surface area contributed by atoms with Gasteiger partial charge in [0.1, 0.15) is 0 Å². The van der Waals surface area contributed by atoms with Crippen molar-refractivity contribution in [1.29, 1.82) is 0 Å². The van der Waals surface area contributed by atoms with Crippen LogP contribution in [0.4, 0.5) is 5.82 Å². The molecular formula is C37H46N4Pt. The molecule has 0 atom stereocenters. The van der Waals surface area contributed by atoms with Crippen molar-refractivity contribution in [2.75, 3.05) is 0 Å². The van der Waals surface area contributed by atoms with Crippen molar-refractivity contribution in [1.82, 2.24) is 15.0 Å². The predicted molar refractivity (Wildman–Crippen MR) is 172 cm³/mol. The third kappa shape index (κ3) is 8.16. The van der Waals surface area contributed by atoms with E-state index in [4.69, 9.17) is 19.9 Å². The first kappa shape index (κ1) is 33.7. The molecular weight excluding hydrogens is 696 g/mol. The Hall–Kier alpha value is -2.84. The predicted octanol–water partition coefficient (Wildman–Crippen LogP) is 8.99. The molecule has 0 amide bonds. The molecule has 0 N–H and O–H groups in total. The normalized spacial score (nSPS) is 13.2. The summed E-state index contributed by atoms with van der Waals surface area (Å²) >= 11 is 0. The number of hydrogen-bond acceptors (Lipinski definition) is 3. The molecule has 0 radical (unpaired) electrons. The third-order valence-corrected chi connectivity index (χ3v) is 7.42. The topological polar surface area (TPSA) is 52.2 Å². The van der Waals surface area contributed by atoms with Crippen molar-refractivity contribution < 1.29 is 21.1 Å². The zero-order valence-electron chi connectivity index (χ0n) is 27.4. The fourth-order valence-corrected chi connectivity index (χ4v) is 4.52. The number of hydrogen-bond donors (Lipinski definition) is 0. The summed E-state index contributed by atoms with van der Waals surface area (Å²) in [7, 11) is 0. The van der Waals surface area contributed by atoms with Gasteiger partial charge in [-0.15, -0.1) is 41.1 Å². The molecule has 42 heavy (non-hydrogen) atoms. The minimum atomic E-state index is -0.0855. The summed E-state index contributed by atoms with van der Waals surface area (Å²) in [4.78, 5) is 19.8. The van der Waals surface area contributed by atoms with Crippen LogP contribution in [0.5, 0.6) is 0 Å². The second-order valence-electron chi connectivity index (χ2n) is 15.2. The van der Waals surface area contributed by atoms with Crippen LogP contribution in [0.2, 0.25) is 0 Å². The molecule has 0 saturated carbocycles. The molecule has 224 valence electrons. The average molecular weight is 742 g/mol. The van der Waals surface area contributed by atoms with Crippen molar-refractivity contribution in [3.8, 4) is 22.6 Å². The van der Waals surface area contributed by atoms with E-state index < -0.39 is 0 Å². The summed E-state index contributed by atoms with van der Waals surface area (Å²) in [5.41, 5.74) is 8.84. The zero-order chi connectivity index (χ0) is 30.4. The van der Waals surface area contributed by atoms with E-state index in [1.54, 1.807) is 0 Å². The smallest absolute Gasteiger partial charge is 0.482 e. The van der Waals surface area contributed by atoms with Crippen molar-refractivity contribution in [3.05, 3.63) is 94.6 Å². The molecule has 0 saturated heterocycles. The van der Waals surface area contributed by atoms with Crippen LogP contribution in [-0.4, -0.2) is 9.97 Å². The van der Waals surface area contributed by atoms with Gasteiger partial charge in [0, 0.05) is 6.20 Å². The average Bonchev–Trinajstić information content (AvgIpc) is 2.86. The van der Waals surface area contributed by atoms with E-state index in [9.17, 15) is 0 Å². The molecule has 0 aliphatic heterocycles. The van der Waals surface area contributed by atoms with Crippen LogP contribution < -0.4 is 10.5 Å². The minimum Gasteiger partial charge on any atom is -0.482 e. The molecule has 0 unspecified atom stereocenters. The maximum Gasteiger partial charge on any atom is 2.00 e. The van der Waals surface area contributed by atoms with Crippen molar-refractivity contribution in [2.24, 2.45) is 4.99 Å². The summed E-state index contributed by atoms with van der Waals surface area (Å²) in [6, 6.07) is 22.4. The van der Waals surface area contributed by atoms with Gasteiger partial charge in [0.05, 0.1) is 17.2 Å². The van der Waals surface area contributed by atoms with Crippen LogP contribution in [0.15, 0.2) is 65.8 Å². The van der Waals surface area contributed by atoms with Gasteiger partial charge in [0.2, 0.25) is 0 Å². The summed E-state index contributed by atoms with van der Waals surface area (Å²) in [6.45, 7) is 26.6. The molecule has 4 nitrogen and oxygen atoms in total. The van der Waals surface area contributed by atoms with Gasteiger partial charge < -0.3 is 9.98 Å². The summed E-state index contributed by atoms with van der Waals surface area (Å²) in [6.07, 6.45) is 1.88. The summed E-state index contributed by atoms with van der Waals surface area (Å²) in [5.74, 6) is 0.632. The molecule has 0 aliphatic rings. The fraction of sp³-hybridized carbons (Fsp3) is 0.432. The van der Waals surface area contributed by atoms with Gasteiger partial charge in [-0.25, -0.2) is 0 Å². The van der Waals surface area contributed by atoms with E-state index in [1.807, 2.05) is 12.3 Å². The third-order valence-electron chi connectivity index (χ3n) is 7.42. The minimum absolute atomic E-state index is 0. The largest absolute Gasteiger partial charge is 2.00 e. The Morgan fingerprint density at radius 3 is 1.76 bits per heavy atom. The van der Waals surface area contributed by atoms with E-state index in [2.05, 4.69) is 138 Å². The van der Waals surface area contributed by atoms with Crippen LogP contribution in [0, 0.1) is 6.07 Å². The maximum absolute atomic E-state index is 5.04. The first-order chi connectivity index (χ1) is 18.8. The van der Waals surface area contributed by atoms with E-state index in [0.717, 1.165) is 28.2 Å². The summed E-state index contributed by atoms with van der Waals surface area (Å²) in [5, 5.41) is 0. The van der Waals surface area contributed by atoms with Gasteiger partial charge in [0.15, 0.2) is 0 Å². The number of aromatic nitrogens is 3. The Balaban J connectivity index is 0.00000484. The standard InChI is InChI=1S/C37H46N4.Pt/c1-34(2,3)25-15-13-14-24(18-25)29-20-27(36(7,8)9)22-32(39-29)41-33-23-28(37(10,11)12)21-31(40-33)30-19-26(16-17-38-30)35(4,5)6;/h13,15-23H,1-12H3;/q-2;+2. The molecule has 5 heteroatoms. The van der Waals surface area contributed by atoms with E-state index in [0.29, 0.717) is 11.3 Å². The molecule has 4 rings (SSSR count). The molecule has 0 spiro atoms. The quantitative estimate of drug-likeness (QED) is 0.197. The Kier molecular flexibility index (Phi) is 9.65. The van der Waals surface area contributed by atoms with Crippen LogP contribution in [0.1, 0.15) is 105 Å².